The number of likely N-dealkylation sites (N-methyl/N-ethyl adjacent to an activating group) is 1. The van der Waals surface area contributed by atoms with Crippen LogP contribution < -0.4 is 0 Å². The zero-order chi connectivity index (χ0) is 16.7. The molecule has 0 bridgehead atoms. The molecule has 1 rings (SSSR count). The maximum atomic E-state index is 12.0. The molecule has 1 heterocycles. The van der Waals surface area contributed by atoms with E-state index in [2.05, 4.69) is 18.1 Å². The Bertz CT molecular complexity index is 319. The van der Waals surface area contributed by atoms with Gasteiger partial charge < -0.3 is 9.64 Å². The Hall–Kier alpha value is -1.39. The van der Waals surface area contributed by atoms with Gasteiger partial charge >= 0.3 is 0 Å². The molecule has 4 heteroatoms. The summed E-state index contributed by atoms with van der Waals surface area (Å²) >= 11 is 0. The van der Waals surface area contributed by atoms with Crippen molar-refractivity contribution >= 4 is 5.91 Å². The standard InChI is InChI=1S/C13H20N2O2.2C2H6/c1-4-6-12(5-2)14(3)13(16)11-15-7-9-17-10-8-15;2*1-2/h4-6H,1-2,7-11H2,3H3;2*1-2H3/b12-6+;;. The number of amides is 1. The lowest BCUT2D eigenvalue weighted by molar-refractivity contribution is -0.130. The zero-order valence-corrected chi connectivity index (χ0v) is 14.4. The summed E-state index contributed by atoms with van der Waals surface area (Å²) in [6.45, 7) is 18.8. The van der Waals surface area contributed by atoms with Gasteiger partial charge in [0.1, 0.15) is 0 Å². The Balaban J connectivity index is 0. The van der Waals surface area contributed by atoms with Crippen LogP contribution >= 0.6 is 0 Å². The van der Waals surface area contributed by atoms with Crippen molar-refractivity contribution in [2.45, 2.75) is 27.7 Å². The number of nitrogens with zero attached hydrogens (tertiary/aromatic N) is 2. The molecule has 0 atom stereocenters. The average molecular weight is 296 g/mol. The van der Waals surface area contributed by atoms with E-state index in [1.54, 1.807) is 30.2 Å². The summed E-state index contributed by atoms with van der Waals surface area (Å²) in [5.74, 6) is 0.0555. The fraction of sp³-hybridized carbons (Fsp3) is 0.588. The fourth-order valence-electron chi connectivity index (χ4n) is 1.64. The van der Waals surface area contributed by atoms with Gasteiger partial charge in [-0.2, -0.15) is 0 Å². The van der Waals surface area contributed by atoms with Gasteiger partial charge in [0, 0.05) is 25.8 Å². The second-order valence-corrected chi connectivity index (χ2v) is 3.87. The van der Waals surface area contributed by atoms with Crippen molar-refractivity contribution in [3.8, 4) is 0 Å². The van der Waals surface area contributed by atoms with E-state index >= 15 is 0 Å². The second-order valence-electron chi connectivity index (χ2n) is 3.87. The van der Waals surface area contributed by atoms with Gasteiger partial charge in [-0.15, -0.1) is 0 Å². The number of hydrogen-bond donors (Lipinski definition) is 0. The van der Waals surface area contributed by atoms with E-state index in [1.807, 2.05) is 27.7 Å². The van der Waals surface area contributed by atoms with Crippen molar-refractivity contribution in [3.05, 3.63) is 37.1 Å². The lowest BCUT2D eigenvalue weighted by atomic mass is 10.3. The van der Waals surface area contributed by atoms with Gasteiger partial charge in [-0.05, 0) is 12.2 Å². The summed E-state index contributed by atoms with van der Waals surface area (Å²) in [5.41, 5.74) is 0.762. The highest BCUT2D eigenvalue weighted by Gasteiger charge is 2.17. The lowest BCUT2D eigenvalue weighted by Gasteiger charge is -2.28. The number of morpholine rings is 1. The van der Waals surface area contributed by atoms with Gasteiger partial charge in [-0.1, -0.05) is 46.9 Å². The molecule has 0 aromatic heterocycles. The van der Waals surface area contributed by atoms with Crippen LogP contribution in [0.5, 0.6) is 0 Å². The maximum Gasteiger partial charge on any atom is 0.240 e. The molecule has 0 aliphatic carbocycles. The number of rotatable bonds is 5. The number of carbonyl (C=O) groups is 1. The fourth-order valence-corrected chi connectivity index (χ4v) is 1.64. The summed E-state index contributed by atoms with van der Waals surface area (Å²) in [7, 11) is 1.75. The van der Waals surface area contributed by atoms with Crippen LogP contribution in [-0.4, -0.2) is 55.6 Å². The number of ether oxygens (including phenoxy) is 1. The minimum atomic E-state index is 0.0555. The van der Waals surface area contributed by atoms with Crippen LogP contribution in [0.4, 0.5) is 0 Å². The highest BCUT2D eigenvalue weighted by Crippen LogP contribution is 2.05. The summed E-state index contributed by atoms with van der Waals surface area (Å²) in [5, 5.41) is 0. The Kier molecular flexibility index (Phi) is 15.7. The van der Waals surface area contributed by atoms with E-state index < -0.39 is 0 Å². The van der Waals surface area contributed by atoms with Crippen LogP contribution in [0.1, 0.15) is 27.7 Å². The highest BCUT2D eigenvalue weighted by molar-refractivity contribution is 5.80. The first-order valence-electron chi connectivity index (χ1n) is 7.71. The first kappa shape index (κ1) is 21.9. The van der Waals surface area contributed by atoms with Crippen molar-refractivity contribution in [1.29, 1.82) is 0 Å². The summed E-state index contributed by atoms with van der Waals surface area (Å²) < 4.78 is 5.24. The molecule has 0 saturated carbocycles. The molecular weight excluding hydrogens is 264 g/mol. The molecule has 1 amide bonds. The SMILES string of the molecule is C=C/C=C(\C=C)N(C)C(=O)CN1CCOCC1.CC.CC. The molecule has 0 aromatic carbocycles. The van der Waals surface area contributed by atoms with Crippen LogP contribution in [0.15, 0.2) is 37.1 Å². The zero-order valence-electron chi connectivity index (χ0n) is 14.4. The molecular formula is C17H32N2O2. The topological polar surface area (TPSA) is 32.8 Å². The third kappa shape index (κ3) is 9.21. The van der Waals surface area contributed by atoms with E-state index in [-0.39, 0.29) is 5.91 Å². The molecule has 1 aliphatic rings. The van der Waals surface area contributed by atoms with E-state index in [9.17, 15) is 4.79 Å². The second kappa shape index (κ2) is 15.0. The highest BCUT2D eigenvalue weighted by atomic mass is 16.5. The van der Waals surface area contributed by atoms with Gasteiger partial charge in [0.25, 0.3) is 0 Å². The van der Waals surface area contributed by atoms with Crippen molar-refractivity contribution < 1.29 is 9.53 Å². The Labute approximate surface area is 130 Å². The van der Waals surface area contributed by atoms with Crippen LogP contribution in [0, 0.1) is 0 Å². The van der Waals surface area contributed by atoms with Crippen molar-refractivity contribution in [2.24, 2.45) is 0 Å². The molecule has 0 N–H and O–H groups in total. The molecule has 0 unspecified atom stereocenters. The van der Waals surface area contributed by atoms with E-state index in [0.717, 1.165) is 18.8 Å². The van der Waals surface area contributed by atoms with Gasteiger partial charge in [-0.3, -0.25) is 9.69 Å². The van der Waals surface area contributed by atoms with E-state index in [0.29, 0.717) is 19.8 Å². The molecule has 1 fully saturated rings. The first-order valence-corrected chi connectivity index (χ1v) is 7.71. The minimum absolute atomic E-state index is 0.0555. The van der Waals surface area contributed by atoms with Gasteiger partial charge in [-0.25, -0.2) is 0 Å². The largest absolute Gasteiger partial charge is 0.379 e. The quantitative estimate of drug-likeness (QED) is 0.731. The molecule has 21 heavy (non-hydrogen) atoms. The molecule has 0 aromatic rings. The van der Waals surface area contributed by atoms with Crippen LogP contribution in [0.25, 0.3) is 0 Å². The molecule has 0 radical (unpaired) electrons. The Morgan fingerprint density at radius 2 is 1.71 bits per heavy atom. The summed E-state index contributed by atoms with van der Waals surface area (Å²) in [4.78, 5) is 15.7. The Morgan fingerprint density at radius 3 is 2.14 bits per heavy atom. The monoisotopic (exact) mass is 296 g/mol. The van der Waals surface area contributed by atoms with Gasteiger partial charge in [0.2, 0.25) is 5.91 Å². The number of allylic oxidation sites excluding steroid dienone is 3. The van der Waals surface area contributed by atoms with Crippen molar-refractivity contribution in [3.63, 3.8) is 0 Å². The van der Waals surface area contributed by atoms with Crippen LogP contribution in [0.3, 0.4) is 0 Å². The number of hydrogen-bond acceptors (Lipinski definition) is 3. The lowest BCUT2D eigenvalue weighted by Crippen LogP contribution is -2.43. The molecule has 4 nitrogen and oxygen atoms in total. The van der Waals surface area contributed by atoms with Crippen LogP contribution in [-0.2, 0) is 9.53 Å². The normalized spacial score (nSPS) is 14.8. The summed E-state index contributed by atoms with van der Waals surface area (Å²) in [6, 6.07) is 0. The van der Waals surface area contributed by atoms with E-state index in [1.165, 1.54) is 0 Å². The maximum absolute atomic E-state index is 12.0. The van der Waals surface area contributed by atoms with Gasteiger partial charge in [0.15, 0.2) is 0 Å². The summed E-state index contributed by atoms with van der Waals surface area (Å²) in [6.07, 6.45) is 5.07. The predicted molar refractivity (Wildman–Crippen MR) is 91.2 cm³/mol. The molecule has 122 valence electrons. The third-order valence-corrected chi connectivity index (χ3v) is 2.72. The first-order chi connectivity index (χ1) is 10.2. The van der Waals surface area contributed by atoms with Crippen LogP contribution in [0.2, 0.25) is 0 Å². The van der Waals surface area contributed by atoms with Crippen molar-refractivity contribution in [1.82, 2.24) is 9.80 Å². The van der Waals surface area contributed by atoms with Crippen molar-refractivity contribution in [2.75, 3.05) is 39.9 Å². The molecule has 1 saturated heterocycles. The minimum Gasteiger partial charge on any atom is -0.379 e. The third-order valence-electron chi connectivity index (χ3n) is 2.72. The van der Waals surface area contributed by atoms with Gasteiger partial charge in [0.05, 0.1) is 19.8 Å². The molecule has 1 aliphatic heterocycles. The Morgan fingerprint density at radius 1 is 1.19 bits per heavy atom. The smallest absolute Gasteiger partial charge is 0.240 e. The predicted octanol–water partition coefficient (Wildman–Crippen LogP) is 3.09. The average Bonchev–Trinajstić information content (AvgIpc) is 2.56. The van der Waals surface area contributed by atoms with E-state index in [4.69, 9.17) is 4.74 Å². The number of carbonyl (C=O) groups excluding carboxylic acids is 1. The molecule has 0 spiro atoms.